The van der Waals surface area contributed by atoms with Gasteiger partial charge in [0.2, 0.25) is 5.95 Å². The number of hydrogen-bond donors (Lipinski definition) is 2. The van der Waals surface area contributed by atoms with E-state index in [0.717, 1.165) is 0 Å². The Kier molecular flexibility index (Phi) is 3.79. The van der Waals surface area contributed by atoms with Gasteiger partial charge in [0.1, 0.15) is 0 Å². The van der Waals surface area contributed by atoms with Crippen molar-refractivity contribution in [2.24, 2.45) is 0 Å². The zero-order valence-corrected chi connectivity index (χ0v) is 12.6. The molecule has 3 aromatic rings. The minimum Gasteiger partial charge on any atom is -0.368 e. The van der Waals surface area contributed by atoms with Crippen LogP contribution in [0.15, 0.2) is 41.3 Å². The second kappa shape index (κ2) is 5.75. The number of halogens is 2. The zero-order valence-electron chi connectivity index (χ0n) is 11.0. The quantitative estimate of drug-likeness (QED) is 0.751. The van der Waals surface area contributed by atoms with Crippen LogP contribution < -0.4 is 11.3 Å². The van der Waals surface area contributed by atoms with Crippen LogP contribution in [0, 0.1) is 0 Å². The highest BCUT2D eigenvalue weighted by molar-refractivity contribution is 6.39. The number of aromatic nitrogens is 4. The van der Waals surface area contributed by atoms with Crippen LogP contribution in [0.1, 0.15) is 0 Å². The molecule has 8 heteroatoms. The van der Waals surface area contributed by atoms with Gasteiger partial charge in [-0.25, -0.2) is 15.1 Å². The number of H-pyrrole nitrogens is 1. The van der Waals surface area contributed by atoms with Crippen LogP contribution >= 0.6 is 23.2 Å². The van der Waals surface area contributed by atoms with Crippen molar-refractivity contribution in [1.82, 2.24) is 20.2 Å². The smallest absolute Gasteiger partial charge is 0.264 e. The van der Waals surface area contributed by atoms with Crippen molar-refractivity contribution >= 4 is 29.2 Å². The standard InChI is InChI=1S/C14H9Cl2N5O/c15-8-2-1-3-9(16)12(8)13-7(6-18-14(17)19-13)10-4-5-11(22)21-20-10/h1-6H,(H,21,22)(H2,17,18,19). The van der Waals surface area contributed by atoms with E-state index in [9.17, 15) is 4.79 Å². The monoisotopic (exact) mass is 333 g/mol. The summed E-state index contributed by atoms with van der Waals surface area (Å²) >= 11 is 12.5. The van der Waals surface area contributed by atoms with Crippen LogP contribution in [0.5, 0.6) is 0 Å². The van der Waals surface area contributed by atoms with Crippen LogP contribution in [0.2, 0.25) is 10.0 Å². The molecule has 2 aromatic heterocycles. The van der Waals surface area contributed by atoms with Gasteiger partial charge in [-0.2, -0.15) is 5.10 Å². The summed E-state index contributed by atoms with van der Waals surface area (Å²) in [6.07, 6.45) is 1.51. The van der Waals surface area contributed by atoms with E-state index in [1.807, 2.05) is 0 Å². The predicted octanol–water partition coefficient (Wildman–Crippen LogP) is 2.78. The molecule has 0 spiro atoms. The van der Waals surface area contributed by atoms with E-state index in [0.29, 0.717) is 32.6 Å². The van der Waals surface area contributed by atoms with Gasteiger partial charge in [-0.05, 0) is 18.2 Å². The van der Waals surface area contributed by atoms with Gasteiger partial charge >= 0.3 is 0 Å². The van der Waals surface area contributed by atoms with Gasteiger partial charge in [0, 0.05) is 23.4 Å². The molecule has 0 aliphatic rings. The number of benzene rings is 1. The Balaban J connectivity index is 2.30. The fourth-order valence-electron chi connectivity index (χ4n) is 1.99. The van der Waals surface area contributed by atoms with Crippen LogP contribution in [0.25, 0.3) is 22.5 Å². The molecule has 1 aromatic carbocycles. The van der Waals surface area contributed by atoms with Gasteiger partial charge in [0.15, 0.2) is 0 Å². The molecule has 110 valence electrons. The summed E-state index contributed by atoms with van der Waals surface area (Å²) in [4.78, 5) is 19.4. The Morgan fingerprint density at radius 1 is 1.09 bits per heavy atom. The van der Waals surface area contributed by atoms with Gasteiger partial charge < -0.3 is 5.73 Å². The summed E-state index contributed by atoms with van der Waals surface area (Å²) in [6.45, 7) is 0. The second-order valence-corrected chi connectivity index (χ2v) is 5.21. The lowest BCUT2D eigenvalue weighted by atomic mass is 10.0. The molecule has 0 radical (unpaired) electrons. The number of nitrogen functional groups attached to an aromatic ring is 1. The number of nitrogens with two attached hydrogens (primary N) is 1. The minimum atomic E-state index is -0.308. The summed E-state index contributed by atoms with van der Waals surface area (Å²) < 4.78 is 0. The molecule has 0 atom stereocenters. The van der Waals surface area contributed by atoms with E-state index in [-0.39, 0.29) is 11.5 Å². The molecular weight excluding hydrogens is 325 g/mol. The predicted molar refractivity (Wildman–Crippen MR) is 85.8 cm³/mol. The van der Waals surface area contributed by atoms with Crippen molar-refractivity contribution in [3.8, 4) is 22.5 Å². The van der Waals surface area contributed by atoms with E-state index in [1.165, 1.54) is 12.3 Å². The lowest BCUT2D eigenvalue weighted by Crippen LogP contribution is -2.07. The maximum absolute atomic E-state index is 11.2. The first-order valence-corrected chi connectivity index (χ1v) is 6.95. The maximum Gasteiger partial charge on any atom is 0.264 e. The Morgan fingerprint density at radius 2 is 1.82 bits per heavy atom. The lowest BCUT2D eigenvalue weighted by Gasteiger charge is -2.11. The Bertz CT molecular complexity index is 869. The first kappa shape index (κ1) is 14.5. The van der Waals surface area contributed by atoms with Crippen LogP contribution in [-0.4, -0.2) is 20.2 Å². The molecule has 0 unspecified atom stereocenters. The Morgan fingerprint density at radius 3 is 2.45 bits per heavy atom. The van der Waals surface area contributed by atoms with Crippen LogP contribution in [-0.2, 0) is 0 Å². The van der Waals surface area contributed by atoms with Crippen molar-refractivity contribution in [3.63, 3.8) is 0 Å². The van der Waals surface area contributed by atoms with Gasteiger partial charge in [-0.15, -0.1) is 0 Å². The third-order valence-corrected chi connectivity index (χ3v) is 3.59. The molecule has 0 bridgehead atoms. The SMILES string of the molecule is Nc1ncc(-c2ccc(=O)[nH]n2)c(-c2c(Cl)cccc2Cl)n1. The summed E-state index contributed by atoms with van der Waals surface area (Å²) in [5.41, 5.74) is 7.38. The highest BCUT2D eigenvalue weighted by Crippen LogP contribution is 2.38. The van der Waals surface area contributed by atoms with Crippen molar-refractivity contribution in [1.29, 1.82) is 0 Å². The third kappa shape index (κ3) is 2.66. The molecule has 0 amide bonds. The highest BCUT2D eigenvalue weighted by atomic mass is 35.5. The molecule has 0 saturated carbocycles. The van der Waals surface area contributed by atoms with Crippen molar-refractivity contribution in [2.75, 3.05) is 5.73 Å². The topological polar surface area (TPSA) is 97.5 Å². The second-order valence-electron chi connectivity index (χ2n) is 4.39. The molecule has 0 aliphatic heterocycles. The van der Waals surface area contributed by atoms with E-state index < -0.39 is 0 Å². The van der Waals surface area contributed by atoms with E-state index >= 15 is 0 Å². The Hall–Kier alpha value is -2.44. The molecular formula is C14H9Cl2N5O. The molecule has 3 rings (SSSR count). The fourth-order valence-corrected chi connectivity index (χ4v) is 2.57. The van der Waals surface area contributed by atoms with Gasteiger partial charge in [-0.3, -0.25) is 4.79 Å². The highest BCUT2D eigenvalue weighted by Gasteiger charge is 2.17. The van der Waals surface area contributed by atoms with Gasteiger partial charge in [0.25, 0.3) is 5.56 Å². The van der Waals surface area contributed by atoms with Gasteiger partial charge in [-0.1, -0.05) is 29.3 Å². The molecule has 2 heterocycles. The van der Waals surface area contributed by atoms with E-state index in [4.69, 9.17) is 28.9 Å². The average Bonchev–Trinajstić information content (AvgIpc) is 2.48. The molecule has 0 fully saturated rings. The van der Waals surface area contributed by atoms with Crippen molar-refractivity contribution < 1.29 is 0 Å². The normalized spacial score (nSPS) is 10.6. The number of hydrogen-bond acceptors (Lipinski definition) is 5. The maximum atomic E-state index is 11.2. The number of rotatable bonds is 2. The Labute approximate surface area is 135 Å². The largest absolute Gasteiger partial charge is 0.368 e. The number of nitrogens with zero attached hydrogens (tertiary/aromatic N) is 3. The lowest BCUT2D eigenvalue weighted by molar-refractivity contribution is 0.992. The third-order valence-electron chi connectivity index (χ3n) is 2.96. The molecule has 0 aliphatic carbocycles. The van der Waals surface area contributed by atoms with Crippen molar-refractivity contribution in [2.45, 2.75) is 0 Å². The molecule has 22 heavy (non-hydrogen) atoms. The zero-order chi connectivity index (χ0) is 15.7. The van der Waals surface area contributed by atoms with Crippen LogP contribution in [0.4, 0.5) is 5.95 Å². The van der Waals surface area contributed by atoms with E-state index in [2.05, 4.69) is 20.2 Å². The van der Waals surface area contributed by atoms with Crippen LogP contribution in [0.3, 0.4) is 0 Å². The summed E-state index contributed by atoms with van der Waals surface area (Å²) in [5.74, 6) is 0.0826. The van der Waals surface area contributed by atoms with Gasteiger partial charge in [0.05, 0.1) is 21.4 Å². The summed E-state index contributed by atoms with van der Waals surface area (Å²) in [7, 11) is 0. The first-order valence-electron chi connectivity index (χ1n) is 6.19. The summed E-state index contributed by atoms with van der Waals surface area (Å²) in [6, 6.07) is 8.05. The molecule has 0 saturated heterocycles. The molecule has 6 nitrogen and oxygen atoms in total. The van der Waals surface area contributed by atoms with E-state index in [1.54, 1.807) is 24.3 Å². The minimum absolute atomic E-state index is 0.0826. The number of aromatic amines is 1. The number of nitrogens with one attached hydrogen (secondary N) is 1. The van der Waals surface area contributed by atoms with Crippen molar-refractivity contribution in [3.05, 3.63) is 56.9 Å². The average molecular weight is 334 g/mol. The fraction of sp³-hybridized carbons (Fsp3) is 0. The first-order chi connectivity index (χ1) is 10.6. The summed E-state index contributed by atoms with van der Waals surface area (Å²) in [5, 5.41) is 7.20. The molecule has 3 N–H and O–H groups in total. The number of anilines is 1.